The molecule has 1 atom stereocenters. The molecule has 104 valence electrons. The molecule has 0 saturated heterocycles. The molecule has 20 heavy (non-hydrogen) atoms. The van der Waals surface area contributed by atoms with Gasteiger partial charge in [-0.1, -0.05) is 18.2 Å². The Labute approximate surface area is 119 Å². The number of aromatic nitrogens is 1. The molecule has 6 heteroatoms. The molecular formula is C14H14N2O3S. The number of amides is 1. The number of benzene rings is 1. The van der Waals surface area contributed by atoms with Gasteiger partial charge in [0.1, 0.15) is 5.75 Å². The van der Waals surface area contributed by atoms with Crippen molar-refractivity contribution in [1.82, 2.24) is 4.98 Å². The summed E-state index contributed by atoms with van der Waals surface area (Å²) in [5.41, 5.74) is 1.30. The van der Waals surface area contributed by atoms with Gasteiger partial charge >= 0.3 is 0 Å². The Morgan fingerprint density at radius 3 is 2.75 bits per heavy atom. The molecule has 1 amide bonds. The minimum atomic E-state index is -1.01. The van der Waals surface area contributed by atoms with E-state index in [4.69, 9.17) is 0 Å². The van der Waals surface area contributed by atoms with E-state index in [0.29, 0.717) is 11.4 Å². The maximum absolute atomic E-state index is 12.1. The summed E-state index contributed by atoms with van der Waals surface area (Å²) in [5.74, 6) is -0.330. The van der Waals surface area contributed by atoms with E-state index in [1.54, 1.807) is 30.5 Å². The highest BCUT2D eigenvalue weighted by atomic mass is 32.2. The SMILES string of the molecule is C[S@](=O)Cc1ccccc1NC(=O)c1ncccc1O. The zero-order valence-corrected chi connectivity index (χ0v) is 11.7. The van der Waals surface area contributed by atoms with Crippen LogP contribution in [0.15, 0.2) is 42.6 Å². The summed E-state index contributed by atoms with van der Waals surface area (Å²) in [6, 6.07) is 10.1. The number of rotatable bonds is 4. The van der Waals surface area contributed by atoms with E-state index in [1.165, 1.54) is 12.3 Å². The van der Waals surface area contributed by atoms with Gasteiger partial charge in [0.05, 0.1) is 5.75 Å². The van der Waals surface area contributed by atoms with Crippen LogP contribution in [0.2, 0.25) is 0 Å². The van der Waals surface area contributed by atoms with Gasteiger partial charge in [0, 0.05) is 28.9 Å². The topological polar surface area (TPSA) is 79.3 Å². The zero-order valence-electron chi connectivity index (χ0n) is 10.9. The third-order valence-electron chi connectivity index (χ3n) is 2.63. The second-order valence-electron chi connectivity index (χ2n) is 4.20. The predicted octanol–water partition coefficient (Wildman–Crippen LogP) is 1.92. The second-order valence-corrected chi connectivity index (χ2v) is 5.63. The van der Waals surface area contributed by atoms with Gasteiger partial charge in [0.2, 0.25) is 0 Å². The van der Waals surface area contributed by atoms with Crippen LogP contribution in [0.4, 0.5) is 5.69 Å². The molecule has 0 spiro atoms. The molecule has 1 aromatic carbocycles. The van der Waals surface area contributed by atoms with Crippen LogP contribution in [0.5, 0.6) is 5.75 Å². The monoisotopic (exact) mass is 290 g/mol. The van der Waals surface area contributed by atoms with Crippen molar-refractivity contribution >= 4 is 22.4 Å². The first-order valence-electron chi connectivity index (χ1n) is 5.91. The lowest BCUT2D eigenvalue weighted by Crippen LogP contribution is -2.15. The average Bonchev–Trinajstić information content (AvgIpc) is 2.41. The lowest BCUT2D eigenvalue weighted by Gasteiger charge is -2.10. The van der Waals surface area contributed by atoms with Gasteiger partial charge in [-0.15, -0.1) is 0 Å². The Morgan fingerprint density at radius 1 is 1.30 bits per heavy atom. The van der Waals surface area contributed by atoms with E-state index in [9.17, 15) is 14.1 Å². The summed E-state index contributed by atoms with van der Waals surface area (Å²) in [5, 5.41) is 12.3. The van der Waals surface area contributed by atoms with Crippen LogP contribution < -0.4 is 5.32 Å². The summed E-state index contributed by atoms with van der Waals surface area (Å²) in [4.78, 5) is 15.9. The van der Waals surface area contributed by atoms with Crippen LogP contribution in [-0.2, 0) is 16.6 Å². The van der Waals surface area contributed by atoms with Gasteiger partial charge < -0.3 is 10.4 Å². The second kappa shape index (κ2) is 6.29. The largest absolute Gasteiger partial charge is 0.505 e. The Hall–Kier alpha value is -2.21. The van der Waals surface area contributed by atoms with Crippen LogP contribution in [0.1, 0.15) is 16.1 Å². The smallest absolute Gasteiger partial charge is 0.278 e. The molecule has 5 nitrogen and oxygen atoms in total. The molecule has 2 aromatic rings. The summed E-state index contributed by atoms with van der Waals surface area (Å²) in [7, 11) is -1.01. The van der Waals surface area contributed by atoms with Crippen molar-refractivity contribution < 1.29 is 14.1 Å². The predicted molar refractivity (Wildman–Crippen MR) is 78.1 cm³/mol. The summed E-state index contributed by atoms with van der Waals surface area (Å²) >= 11 is 0. The lowest BCUT2D eigenvalue weighted by atomic mass is 10.2. The van der Waals surface area contributed by atoms with Gasteiger partial charge in [-0.25, -0.2) is 4.98 Å². The first-order valence-corrected chi connectivity index (χ1v) is 7.64. The number of nitrogens with zero attached hydrogens (tertiary/aromatic N) is 1. The van der Waals surface area contributed by atoms with Crippen molar-refractivity contribution in [3.05, 3.63) is 53.9 Å². The molecule has 2 N–H and O–H groups in total. The van der Waals surface area contributed by atoms with E-state index in [-0.39, 0.29) is 11.4 Å². The van der Waals surface area contributed by atoms with Crippen molar-refractivity contribution in [2.75, 3.05) is 11.6 Å². The number of carbonyl (C=O) groups excluding carboxylic acids is 1. The van der Waals surface area contributed by atoms with E-state index >= 15 is 0 Å². The third kappa shape index (κ3) is 3.42. The van der Waals surface area contributed by atoms with E-state index < -0.39 is 16.7 Å². The van der Waals surface area contributed by atoms with Crippen LogP contribution in [0, 0.1) is 0 Å². The molecule has 0 aliphatic carbocycles. The highest BCUT2D eigenvalue weighted by Gasteiger charge is 2.14. The van der Waals surface area contributed by atoms with Gasteiger partial charge in [-0.2, -0.15) is 0 Å². The molecule has 2 rings (SSSR count). The number of para-hydroxylation sites is 1. The van der Waals surface area contributed by atoms with Crippen molar-refractivity contribution in [3.63, 3.8) is 0 Å². The number of hydrogen-bond donors (Lipinski definition) is 2. The third-order valence-corrected chi connectivity index (χ3v) is 3.34. The maximum Gasteiger partial charge on any atom is 0.278 e. The molecule has 0 aliphatic rings. The molecule has 0 bridgehead atoms. The van der Waals surface area contributed by atoms with Gasteiger partial charge in [0.15, 0.2) is 5.69 Å². The molecule has 0 unspecified atom stereocenters. The summed E-state index contributed by atoms with van der Waals surface area (Å²) in [6.07, 6.45) is 3.03. The van der Waals surface area contributed by atoms with E-state index in [0.717, 1.165) is 5.56 Å². The average molecular weight is 290 g/mol. The number of pyridine rings is 1. The minimum Gasteiger partial charge on any atom is -0.505 e. The number of anilines is 1. The van der Waals surface area contributed by atoms with Gasteiger partial charge in [-0.05, 0) is 23.8 Å². The highest BCUT2D eigenvalue weighted by molar-refractivity contribution is 7.83. The Morgan fingerprint density at radius 2 is 2.05 bits per heavy atom. The minimum absolute atomic E-state index is 0.0417. The van der Waals surface area contributed by atoms with Crippen molar-refractivity contribution in [2.45, 2.75) is 5.75 Å². The van der Waals surface area contributed by atoms with Crippen LogP contribution >= 0.6 is 0 Å². The number of hydrogen-bond acceptors (Lipinski definition) is 4. The zero-order chi connectivity index (χ0) is 14.5. The number of carbonyl (C=O) groups is 1. The first kappa shape index (κ1) is 14.2. The molecular weight excluding hydrogens is 276 g/mol. The van der Waals surface area contributed by atoms with E-state index in [1.807, 2.05) is 6.07 Å². The number of nitrogens with one attached hydrogen (secondary N) is 1. The number of aromatic hydroxyl groups is 1. The van der Waals surface area contributed by atoms with Crippen molar-refractivity contribution in [3.8, 4) is 5.75 Å². The van der Waals surface area contributed by atoms with Gasteiger partial charge in [0.25, 0.3) is 5.91 Å². The molecule has 0 aliphatic heterocycles. The summed E-state index contributed by atoms with van der Waals surface area (Å²) < 4.78 is 11.3. The fourth-order valence-electron chi connectivity index (χ4n) is 1.74. The first-order chi connectivity index (χ1) is 9.58. The Balaban J connectivity index is 2.24. The van der Waals surface area contributed by atoms with Crippen LogP contribution in [-0.4, -0.2) is 26.5 Å². The van der Waals surface area contributed by atoms with Crippen LogP contribution in [0.3, 0.4) is 0 Å². The Bertz CT molecular complexity index is 658. The van der Waals surface area contributed by atoms with E-state index in [2.05, 4.69) is 10.3 Å². The molecule has 0 radical (unpaired) electrons. The molecule has 0 fully saturated rings. The highest BCUT2D eigenvalue weighted by Crippen LogP contribution is 2.19. The Kier molecular flexibility index (Phi) is 4.47. The van der Waals surface area contributed by atoms with Crippen molar-refractivity contribution in [1.29, 1.82) is 0 Å². The molecule has 0 saturated carbocycles. The fraction of sp³-hybridized carbons (Fsp3) is 0.143. The molecule has 1 aromatic heterocycles. The van der Waals surface area contributed by atoms with Crippen LogP contribution in [0.25, 0.3) is 0 Å². The fourth-order valence-corrected chi connectivity index (χ4v) is 2.43. The quantitative estimate of drug-likeness (QED) is 0.901. The summed E-state index contributed by atoms with van der Waals surface area (Å²) in [6.45, 7) is 0. The lowest BCUT2D eigenvalue weighted by molar-refractivity contribution is 0.101. The van der Waals surface area contributed by atoms with Gasteiger partial charge in [-0.3, -0.25) is 9.00 Å². The maximum atomic E-state index is 12.1. The standard InChI is InChI=1S/C14H14N2O3S/c1-20(19)9-10-5-2-3-6-11(10)16-14(18)13-12(17)7-4-8-15-13/h2-8,17H,9H2,1H3,(H,16,18)/t20-/m0/s1. The molecule has 1 heterocycles. The van der Waals surface area contributed by atoms with Crippen molar-refractivity contribution in [2.24, 2.45) is 0 Å². The normalized spacial score (nSPS) is 11.8.